The van der Waals surface area contributed by atoms with E-state index in [0.717, 1.165) is 24.3 Å². The van der Waals surface area contributed by atoms with E-state index >= 15 is 0 Å². The molecule has 1 heterocycles. The highest BCUT2D eigenvalue weighted by atomic mass is 16.1. The fraction of sp³-hybridized carbons (Fsp3) is 0.214. The van der Waals surface area contributed by atoms with Crippen molar-refractivity contribution in [2.45, 2.75) is 13.3 Å². The highest BCUT2D eigenvalue weighted by Gasteiger charge is 2.08. The van der Waals surface area contributed by atoms with E-state index in [2.05, 4.69) is 27.8 Å². The summed E-state index contributed by atoms with van der Waals surface area (Å²) in [6.07, 6.45) is 3.96. The Morgan fingerprint density at radius 3 is 2.63 bits per heavy atom. The van der Waals surface area contributed by atoms with E-state index in [-0.39, 0.29) is 5.91 Å². The maximum atomic E-state index is 12.0. The van der Waals surface area contributed by atoms with E-state index in [1.165, 1.54) is 12.4 Å². The molecule has 1 aromatic heterocycles. The molecule has 0 fully saturated rings. The van der Waals surface area contributed by atoms with Gasteiger partial charge in [0.05, 0.1) is 29.3 Å². The first-order valence-corrected chi connectivity index (χ1v) is 6.22. The maximum absolute atomic E-state index is 12.0. The molecule has 2 rings (SSSR count). The summed E-state index contributed by atoms with van der Waals surface area (Å²) in [6.45, 7) is 2.96. The van der Waals surface area contributed by atoms with Crippen molar-refractivity contribution in [3.05, 3.63) is 48.3 Å². The van der Waals surface area contributed by atoms with Crippen LogP contribution in [0.1, 0.15) is 23.7 Å². The molecule has 0 saturated carbocycles. The summed E-state index contributed by atoms with van der Waals surface area (Å²) >= 11 is 0. The SMILES string of the molecule is CCCNc1ccccc1NC(=O)c1ccnnc1. The van der Waals surface area contributed by atoms with Crippen LogP contribution in [0.15, 0.2) is 42.7 Å². The molecule has 0 atom stereocenters. The van der Waals surface area contributed by atoms with Gasteiger partial charge in [-0.2, -0.15) is 10.2 Å². The number of nitrogens with one attached hydrogen (secondary N) is 2. The van der Waals surface area contributed by atoms with Gasteiger partial charge in [0.1, 0.15) is 0 Å². The van der Waals surface area contributed by atoms with Crippen molar-refractivity contribution in [3.63, 3.8) is 0 Å². The summed E-state index contributed by atoms with van der Waals surface area (Å²) in [4.78, 5) is 12.0. The zero-order valence-electron chi connectivity index (χ0n) is 10.8. The lowest BCUT2D eigenvalue weighted by atomic mass is 10.2. The largest absolute Gasteiger partial charge is 0.383 e. The Kier molecular flexibility index (Phi) is 4.44. The summed E-state index contributed by atoms with van der Waals surface area (Å²) in [5.74, 6) is -0.194. The predicted octanol–water partition coefficient (Wildman–Crippen LogP) is 2.55. The van der Waals surface area contributed by atoms with Gasteiger partial charge < -0.3 is 10.6 Å². The fourth-order valence-electron chi connectivity index (χ4n) is 1.63. The minimum absolute atomic E-state index is 0.194. The van der Waals surface area contributed by atoms with Crippen LogP contribution in [0, 0.1) is 0 Å². The molecular weight excluding hydrogens is 240 g/mol. The molecule has 0 aliphatic carbocycles. The standard InChI is InChI=1S/C14H16N4O/c1-2-8-15-12-5-3-4-6-13(12)18-14(19)11-7-9-16-17-10-11/h3-7,9-10,15H,2,8H2,1H3,(H,18,19). The lowest BCUT2D eigenvalue weighted by Gasteiger charge is -2.12. The molecular formula is C14H16N4O. The van der Waals surface area contributed by atoms with E-state index in [4.69, 9.17) is 0 Å². The minimum atomic E-state index is -0.194. The van der Waals surface area contributed by atoms with Crippen molar-refractivity contribution in [2.75, 3.05) is 17.2 Å². The lowest BCUT2D eigenvalue weighted by molar-refractivity contribution is 0.102. The normalized spacial score (nSPS) is 9.95. The van der Waals surface area contributed by atoms with E-state index in [1.54, 1.807) is 6.07 Å². The zero-order chi connectivity index (χ0) is 13.5. The Labute approximate surface area is 112 Å². The van der Waals surface area contributed by atoms with Crippen LogP contribution in [-0.2, 0) is 0 Å². The molecule has 0 spiro atoms. The Bertz CT molecular complexity index is 542. The quantitative estimate of drug-likeness (QED) is 0.862. The Balaban J connectivity index is 2.12. The molecule has 1 aromatic carbocycles. The second-order valence-corrected chi connectivity index (χ2v) is 4.06. The summed E-state index contributed by atoms with van der Waals surface area (Å²) < 4.78 is 0. The van der Waals surface area contributed by atoms with Gasteiger partial charge in [-0.05, 0) is 24.6 Å². The molecule has 2 N–H and O–H groups in total. The van der Waals surface area contributed by atoms with E-state index in [9.17, 15) is 4.79 Å². The summed E-state index contributed by atoms with van der Waals surface area (Å²) in [7, 11) is 0. The van der Waals surface area contributed by atoms with Crippen LogP contribution in [0.2, 0.25) is 0 Å². The van der Waals surface area contributed by atoms with Gasteiger partial charge in [0.25, 0.3) is 5.91 Å². The fourth-order valence-corrected chi connectivity index (χ4v) is 1.63. The van der Waals surface area contributed by atoms with Gasteiger partial charge in [-0.15, -0.1) is 0 Å². The summed E-state index contributed by atoms with van der Waals surface area (Å²) in [5.41, 5.74) is 2.16. The van der Waals surface area contributed by atoms with Crippen molar-refractivity contribution < 1.29 is 4.79 Å². The highest BCUT2D eigenvalue weighted by molar-refractivity contribution is 6.05. The molecule has 1 amide bonds. The number of nitrogens with zero attached hydrogens (tertiary/aromatic N) is 2. The van der Waals surface area contributed by atoms with E-state index in [0.29, 0.717) is 5.56 Å². The number of anilines is 2. The Morgan fingerprint density at radius 2 is 1.95 bits per heavy atom. The molecule has 0 aliphatic heterocycles. The molecule has 19 heavy (non-hydrogen) atoms. The number of carbonyl (C=O) groups is 1. The van der Waals surface area contributed by atoms with Crippen molar-refractivity contribution in [1.82, 2.24) is 10.2 Å². The van der Waals surface area contributed by atoms with Crippen molar-refractivity contribution >= 4 is 17.3 Å². The summed E-state index contributed by atoms with van der Waals surface area (Å²) in [5, 5.41) is 13.5. The highest BCUT2D eigenvalue weighted by Crippen LogP contribution is 2.21. The molecule has 5 heteroatoms. The third kappa shape index (κ3) is 3.51. The predicted molar refractivity (Wildman–Crippen MR) is 75.2 cm³/mol. The van der Waals surface area contributed by atoms with Crippen LogP contribution in [-0.4, -0.2) is 22.6 Å². The van der Waals surface area contributed by atoms with Gasteiger partial charge in [-0.25, -0.2) is 0 Å². The van der Waals surface area contributed by atoms with Crippen molar-refractivity contribution in [3.8, 4) is 0 Å². The van der Waals surface area contributed by atoms with E-state index in [1.807, 2.05) is 24.3 Å². The van der Waals surface area contributed by atoms with Gasteiger partial charge in [0.2, 0.25) is 0 Å². The molecule has 0 aliphatic rings. The first-order valence-electron chi connectivity index (χ1n) is 6.22. The zero-order valence-corrected chi connectivity index (χ0v) is 10.8. The molecule has 5 nitrogen and oxygen atoms in total. The number of carbonyl (C=O) groups excluding carboxylic acids is 1. The number of para-hydroxylation sites is 2. The number of benzene rings is 1. The number of amides is 1. The van der Waals surface area contributed by atoms with Crippen LogP contribution in [0.4, 0.5) is 11.4 Å². The van der Waals surface area contributed by atoms with Crippen LogP contribution >= 0.6 is 0 Å². The second-order valence-electron chi connectivity index (χ2n) is 4.06. The Hall–Kier alpha value is -2.43. The topological polar surface area (TPSA) is 66.9 Å². The number of hydrogen-bond acceptors (Lipinski definition) is 4. The van der Waals surface area contributed by atoms with Crippen molar-refractivity contribution in [2.24, 2.45) is 0 Å². The second kappa shape index (κ2) is 6.49. The van der Waals surface area contributed by atoms with Crippen molar-refractivity contribution in [1.29, 1.82) is 0 Å². The van der Waals surface area contributed by atoms with Crippen LogP contribution < -0.4 is 10.6 Å². The lowest BCUT2D eigenvalue weighted by Crippen LogP contribution is -2.14. The van der Waals surface area contributed by atoms with Gasteiger partial charge >= 0.3 is 0 Å². The van der Waals surface area contributed by atoms with Gasteiger partial charge in [0, 0.05) is 6.54 Å². The number of aromatic nitrogens is 2. The van der Waals surface area contributed by atoms with Gasteiger partial charge in [-0.1, -0.05) is 19.1 Å². The van der Waals surface area contributed by atoms with Gasteiger partial charge in [0.15, 0.2) is 0 Å². The third-order valence-electron chi connectivity index (χ3n) is 2.59. The molecule has 0 saturated heterocycles. The first-order chi connectivity index (χ1) is 9.31. The summed E-state index contributed by atoms with van der Waals surface area (Å²) in [6, 6.07) is 9.25. The Morgan fingerprint density at radius 1 is 1.16 bits per heavy atom. The first kappa shape index (κ1) is 13.0. The number of rotatable bonds is 5. The smallest absolute Gasteiger partial charge is 0.257 e. The minimum Gasteiger partial charge on any atom is -0.383 e. The number of hydrogen-bond donors (Lipinski definition) is 2. The molecule has 0 bridgehead atoms. The molecule has 0 unspecified atom stereocenters. The average Bonchev–Trinajstić information content (AvgIpc) is 2.47. The van der Waals surface area contributed by atoms with E-state index < -0.39 is 0 Å². The monoisotopic (exact) mass is 256 g/mol. The molecule has 2 aromatic rings. The molecule has 98 valence electrons. The van der Waals surface area contributed by atoms with Crippen LogP contribution in [0.25, 0.3) is 0 Å². The van der Waals surface area contributed by atoms with Crippen LogP contribution in [0.3, 0.4) is 0 Å². The van der Waals surface area contributed by atoms with Gasteiger partial charge in [-0.3, -0.25) is 4.79 Å². The third-order valence-corrected chi connectivity index (χ3v) is 2.59. The van der Waals surface area contributed by atoms with Crippen LogP contribution in [0.5, 0.6) is 0 Å². The molecule has 0 radical (unpaired) electrons. The maximum Gasteiger partial charge on any atom is 0.257 e. The average molecular weight is 256 g/mol.